The van der Waals surface area contributed by atoms with Crippen LogP contribution in [0.1, 0.15) is 24.8 Å². The second-order valence-corrected chi connectivity index (χ2v) is 5.79. The van der Waals surface area contributed by atoms with Crippen LogP contribution >= 0.6 is 23.2 Å². The van der Waals surface area contributed by atoms with Crippen molar-refractivity contribution in [3.05, 3.63) is 27.7 Å². The minimum absolute atomic E-state index is 0.605. The summed E-state index contributed by atoms with van der Waals surface area (Å²) in [7, 11) is 0. The second kappa shape index (κ2) is 6.65. The number of hydrogen-bond donors (Lipinski definition) is 1. The summed E-state index contributed by atoms with van der Waals surface area (Å²) < 4.78 is 5.81. The van der Waals surface area contributed by atoms with Gasteiger partial charge in [0, 0.05) is 5.02 Å². The van der Waals surface area contributed by atoms with Gasteiger partial charge in [-0.05, 0) is 43.9 Å². The summed E-state index contributed by atoms with van der Waals surface area (Å²) >= 11 is 12.1. The number of likely N-dealkylation sites (tertiary alicyclic amines) is 1. The zero-order valence-electron chi connectivity index (χ0n) is 10.8. The highest BCUT2D eigenvalue weighted by molar-refractivity contribution is 6.35. The van der Waals surface area contributed by atoms with E-state index in [1.807, 2.05) is 13.0 Å². The van der Waals surface area contributed by atoms with Gasteiger partial charge in [-0.3, -0.25) is 0 Å². The van der Waals surface area contributed by atoms with E-state index in [2.05, 4.69) is 0 Å². The van der Waals surface area contributed by atoms with Crippen molar-refractivity contribution in [1.29, 1.82) is 0 Å². The van der Waals surface area contributed by atoms with Crippen molar-refractivity contribution in [1.82, 2.24) is 0 Å². The number of hydrogen-bond acceptors (Lipinski definition) is 1. The quantitative estimate of drug-likeness (QED) is 0.900. The predicted molar refractivity (Wildman–Crippen MR) is 76.1 cm³/mol. The smallest absolute Gasteiger partial charge is 0.141 e. The summed E-state index contributed by atoms with van der Waals surface area (Å²) in [6.45, 7) is 6.30. The Balaban J connectivity index is 1.86. The highest BCUT2D eigenvalue weighted by atomic mass is 35.5. The molecule has 1 aromatic carbocycles. The molecule has 100 valence electrons. The Hall–Kier alpha value is -0.440. The first-order valence-corrected chi connectivity index (χ1v) is 7.34. The Morgan fingerprint density at radius 3 is 2.56 bits per heavy atom. The highest BCUT2D eigenvalue weighted by Crippen LogP contribution is 2.31. The van der Waals surface area contributed by atoms with Gasteiger partial charge in [0.1, 0.15) is 18.9 Å². The van der Waals surface area contributed by atoms with Gasteiger partial charge >= 0.3 is 0 Å². The van der Waals surface area contributed by atoms with Crippen molar-refractivity contribution >= 4 is 23.2 Å². The lowest BCUT2D eigenvalue weighted by Gasteiger charge is -2.23. The lowest BCUT2D eigenvalue weighted by atomic mass is 10.1. The fourth-order valence-electron chi connectivity index (χ4n) is 2.47. The van der Waals surface area contributed by atoms with E-state index in [-0.39, 0.29) is 0 Å². The fourth-order valence-corrected chi connectivity index (χ4v) is 3.12. The van der Waals surface area contributed by atoms with Gasteiger partial charge in [-0.15, -0.1) is 0 Å². The van der Waals surface area contributed by atoms with E-state index in [9.17, 15) is 0 Å². The van der Waals surface area contributed by atoms with Crippen molar-refractivity contribution in [3.8, 4) is 5.75 Å². The van der Waals surface area contributed by atoms with E-state index in [1.165, 1.54) is 32.4 Å². The van der Waals surface area contributed by atoms with Gasteiger partial charge in [-0.25, -0.2) is 0 Å². The topological polar surface area (TPSA) is 13.7 Å². The zero-order valence-corrected chi connectivity index (χ0v) is 12.3. The zero-order chi connectivity index (χ0) is 13.0. The van der Waals surface area contributed by atoms with Crippen LogP contribution < -0.4 is 9.64 Å². The second-order valence-electron chi connectivity index (χ2n) is 4.94. The van der Waals surface area contributed by atoms with Crippen LogP contribution in [-0.4, -0.2) is 26.2 Å². The van der Waals surface area contributed by atoms with Crippen molar-refractivity contribution in [2.45, 2.75) is 26.2 Å². The first kappa shape index (κ1) is 14.0. The molecule has 1 aliphatic rings. The molecule has 4 heteroatoms. The van der Waals surface area contributed by atoms with E-state index >= 15 is 0 Å². The maximum Gasteiger partial charge on any atom is 0.141 e. The van der Waals surface area contributed by atoms with Crippen LogP contribution in [-0.2, 0) is 0 Å². The van der Waals surface area contributed by atoms with Gasteiger partial charge in [0.05, 0.1) is 18.1 Å². The summed E-state index contributed by atoms with van der Waals surface area (Å²) in [6.07, 6.45) is 4.07. The van der Waals surface area contributed by atoms with E-state index in [4.69, 9.17) is 27.9 Å². The molecule has 0 saturated carbocycles. The number of aryl methyl sites for hydroxylation is 1. The molecule has 0 aromatic heterocycles. The molecule has 1 N–H and O–H groups in total. The van der Waals surface area contributed by atoms with Crippen LogP contribution in [0.25, 0.3) is 0 Å². The molecule has 0 radical (unpaired) electrons. The Labute approximate surface area is 119 Å². The summed E-state index contributed by atoms with van der Waals surface area (Å²) in [6, 6.07) is 3.62. The fraction of sp³-hybridized carbons (Fsp3) is 0.571. The van der Waals surface area contributed by atoms with Crippen LogP contribution in [0.15, 0.2) is 12.1 Å². The lowest BCUT2D eigenvalue weighted by Crippen LogP contribution is -3.13. The van der Waals surface area contributed by atoms with Gasteiger partial charge in [0.2, 0.25) is 0 Å². The summed E-state index contributed by atoms with van der Waals surface area (Å²) in [5, 5.41) is 1.26. The van der Waals surface area contributed by atoms with Crippen LogP contribution in [0.2, 0.25) is 10.0 Å². The van der Waals surface area contributed by atoms with E-state index in [0.717, 1.165) is 24.5 Å². The van der Waals surface area contributed by atoms with Gasteiger partial charge in [0.25, 0.3) is 0 Å². The third-order valence-corrected chi connectivity index (χ3v) is 3.96. The first-order valence-electron chi connectivity index (χ1n) is 6.59. The van der Waals surface area contributed by atoms with Crippen LogP contribution in [0.5, 0.6) is 5.75 Å². The Bertz CT molecular complexity index is 380. The molecule has 0 spiro atoms. The largest absolute Gasteiger partial charge is 0.486 e. The SMILES string of the molecule is Cc1cc(Cl)cc(Cl)c1OCC[NH+]1CCCCC1. The molecule has 0 unspecified atom stereocenters. The van der Waals surface area contributed by atoms with Gasteiger partial charge < -0.3 is 9.64 Å². The third kappa shape index (κ3) is 3.78. The van der Waals surface area contributed by atoms with Crippen molar-refractivity contribution in [2.75, 3.05) is 26.2 Å². The molecule has 0 amide bonds. The molecule has 1 saturated heterocycles. The third-order valence-electron chi connectivity index (χ3n) is 3.46. The molecular weight excluding hydrogens is 269 g/mol. The molecule has 1 fully saturated rings. The van der Waals surface area contributed by atoms with Gasteiger partial charge in [-0.1, -0.05) is 23.2 Å². The summed E-state index contributed by atoms with van der Waals surface area (Å²) in [5.74, 6) is 0.775. The summed E-state index contributed by atoms with van der Waals surface area (Å²) in [5.41, 5.74) is 1.00. The van der Waals surface area contributed by atoms with Crippen molar-refractivity contribution < 1.29 is 9.64 Å². The average molecular weight is 289 g/mol. The van der Waals surface area contributed by atoms with Crippen molar-refractivity contribution in [3.63, 3.8) is 0 Å². The average Bonchev–Trinajstić information content (AvgIpc) is 2.34. The first-order chi connectivity index (χ1) is 8.66. The Kier molecular flexibility index (Phi) is 5.16. The number of nitrogens with one attached hydrogen (secondary N) is 1. The van der Waals surface area contributed by atoms with Crippen molar-refractivity contribution in [2.24, 2.45) is 0 Å². The van der Waals surface area contributed by atoms with Crippen LogP contribution in [0.3, 0.4) is 0 Å². The van der Waals surface area contributed by atoms with Crippen LogP contribution in [0, 0.1) is 6.92 Å². The maximum atomic E-state index is 6.14. The van der Waals surface area contributed by atoms with E-state index in [0.29, 0.717) is 10.0 Å². The minimum Gasteiger partial charge on any atom is -0.486 e. The molecule has 1 aliphatic heterocycles. The molecule has 2 nitrogen and oxygen atoms in total. The number of quaternary nitrogens is 1. The molecule has 0 aliphatic carbocycles. The van der Waals surface area contributed by atoms with Gasteiger partial charge in [0.15, 0.2) is 0 Å². The number of benzene rings is 1. The number of halogens is 2. The predicted octanol–water partition coefficient (Wildman–Crippen LogP) is 2.75. The molecular formula is C14H20Cl2NO+. The molecule has 1 aromatic rings. The van der Waals surface area contributed by atoms with Gasteiger partial charge in [-0.2, -0.15) is 0 Å². The number of rotatable bonds is 4. The molecule has 0 bridgehead atoms. The molecule has 2 rings (SSSR count). The minimum atomic E-state index is 0.605. The normalized spacial score (nSPS) is 16.8. The number of ether oxygens (including phenoxy) is 1. The summed E-state index contributed by atoms with van der Waals surface area (Å²) in [4.78, 5) is 1.64. The van der Waals surface area contributed by atoms with E-state index < -0.39 is 0 Å². The Morgan fingerprint density at radius 1 is 1.17 bits per heavy atom. The molecule has 18 heavy (non-hydrogen) atoms. The van der Waals surface area contributed by atoms with Crippen LogP contribution in [0.4, 0.5) is 0 Å². The van der Waals surface area contributed by atoms with E-state index in [1.54, 1.807) is 11.0 Å². The standard InChI is InChI=1S/C14H19Cl2NO/c1-11-9-12(15)10-13(16)14(11)18-8-7-17-5-3-2-4-6-17/h9-10H,2-8H2,1H3/p+1. The Morgan fingerprint density at radius 2 is 1.89 bits per heavy atom. The maximum absolute atomic E-state index is 6.14. The molecule has 1 heterocycles. The number of piperidine rings is 1. The molecule has 0 atom stereocenters. The lowest BCUT2D eigenvalue weighted by molar-refractivity contribution is -0.904. The highest BCUT2D eigenvalue weighted by Gasteiger charge is 2.14. The monoisotopic (exact) mass is 288 g/mol.